The van der Waals surface area contributed by atoms with Crippen molar-refractivity contribution >= 4 is 11.4 Å². The minimum absolute atomic E-state index is 0.483. The zero-order valence-electron chi connectivity index (χ0n) is 10.2. The highest BCUT2D eigenvalue weighted by atomic mass is 15.1. The number of benzene rings is 2. The van der Waals surface area contributed by atoms with Crippen molar-refractivity contribution in [2.75, 3.05) is 0 Å². The van der Waals surface area contributed by atoms with Crippen LogP contribution in [0.15, 0.2) is 64.8 Å². The molecule has 0 fully saturated rings. The van der Waals surface area contributed by atoms with E-state index in [9.17, 15) is 0 Å². The lowest BCUT2D eigenvalue weighted by Gasteiger charge is -1.96. The Bertz CT molecular complexity index is 501. The first-order valence-corrected chi connectivity index (χ1v) is 5.35. The maximum Gasteiger partial charge on any atom is 0.0857 e. The molecule has 0 heterocycles. The minimum atomic E-state index is 0.483. The van der Waals surface area contributed by atoms with E-state index in [-0.39, 0.29) is 0 Å². The second kappa shape index (κ2) is 5.21. The molecule has 0 aliphatic carbocycles. The van der Waals surface area contributed by atoms with Gasteiger partial charge in [-0.3, -0.25) is 0 Å². The fourth-order valence-corrected chi connectivity index (χ4v) is 1.36. The van der Waals surface area contributed by atoms with E-state index in [2.05, 4.69) is 29.3 Å². The first kappa shape index (κ1) is 9.28. The Morgan fingerprint density at radius 3 is 2.06 bits per heavy atom. The van der Waals surface area contributed by atoms with Gasteiger partial charge in [-0.25, -0.2) is 0 Å². The molecular formula is C14H14N2. The van der Waals surface area contributed by atoms with E-state index in [1.54, 1.807) is 24.3 Å². The molecule has 2 nitrogen and oxygen atoms in total. The molecule has 2 aromatic carbocycles. The van der Waals surface area contributed by atoms with Crippen molar-refractivity contribution < 1.29 is 1.37 Å². The summed E-state index contributed by atoms with van der Waals surface area (Å²) >= 11 is 0. The van der Waals surface area contributed by atoms with Gasteiger partial charge in [0.1, 0.15) is 0 Å². The topological polar surface area (TPSA) is 24.7 Å². The summed E-state index contributed by atoms with van der Waals surface area (Å²) in [6.45, 7) is 2.12. The van der Waals surface area contributed by atoms with Gasteiger partial charge in [0.05, 0.1) is 12.7 Å². The quantitative estimate of drug-likeness (QED) is 0.659. The Morgan fingerprint density at radius 2 is 1.50 bits per heavy atom. The average Bonchev–Trinajstić information content (AvgIpc) is 2.39. The molecule has 0 aromatic heterocycles. The lowest BCUT2D eigenvalue weighted by Crippen LogP contribution is -1.75. The largest absolute Gasteiger partial charge is 0.151 e. The number of hydrogen-bond donors (Lipinski definition) is 0. The van der Waals surface area contributed by atoms with Crippen LogP contribution in [-0.4, -0.2) is 0 Å². The molecular weight excluding hydrogens is 196 g/mol. The van der Waals surface area contributed by atoms with Crippen molar-refractivity contribution in [3.63, 3.8) is 0 Å². The summed E-state index contributed by atoms with van der Waals surface area (Å²) in [5.41, 5.74) is 2.90. The summed E-state index contributed by atoms with van der Waals surface area (Å²) in [6, 6.07) is 15.5. The summed E-state index contributed by atoms with van der Waals surface area (Å²) in [7, 11) is 0. The molecule has 0 spiro atoms. The van der Waals surface area contributed by atoms with Gasteiger partial charge in [0.2, 0.25) is 0 Å². The van der Waals surface area contributed by atoms with Gasteiger partial charge in [-0.15, -0.1) is 0 Å². The molecule has 2 heteroatoms. The molecule has 0 aliphatic heterocycles. The van der Waals surface area contributed by atoms with Gasteiger partial charge < -0.3 is 0 Å². The van der Waals surface area contributed by atoms with Crippen LogP contribution < -0.4 is 0 Å². The Balaban J connectivity index is 2.11. The van der Waals surface area contributed by atoms with Crippen LogP contribution in [-0.2, 0) is 6.42 Å². The molecule has 0 N–H and O–H groups in total. The SMILES string of the molecule is [2H]c1ccc(N=Nc2ccc(CC)cc2)cc1. The van der Waals surface area contributed by atoms with Crippen molar-refractivity contribution in [2.24, 2.45) is 10.2 Å². The van der Waals surface area contributed by atoms with Crippen LogP contribution in [0.2, 0.25) is 0 Å². The summed E-state index contributed by atoms with van der Waals surface area (Å²) in [6.07, 6.45) is 1.03. The standard InChI is InChI=1S/C14H14N2/c1-2-12-8-10-14(11-9-12)16-15-13-6-4-3-5-7-13/h3-11H,2H2,1H3/i3D. The molecule has 16 heavy (non-hydrogen) atoms. The number of nitrogens with zero attached hydrogens (tertiary/aromatic N) is 2. The Kier molecular flexibility index (Phi) is 3.02. The third-order valence-electron chi connectivity index (χ3n) is 2.33. The van der Waals surface area contributed by atoms with Gasteiger partial charge in [0, 0.05) is 0 Å². The van der Waals surface area contributed by atoms with E-state index < -0.39 is 0 Å². The van der Waals surface area contributed by atoms with Crippen molar-refractivity contribution in [2.45, 2.75) is 13.3 Å². The minimum Gasteiger partial charge on any atom is -0.151 e. The molecule has 80 valence electrons. The van der Waals surface area contributed by atoms with Gasteiger partial charge in [-0.2, -0.15) is 10.2 Å². The zero-order valence-corrected chi connectivity index (χ0v) is 9.22. The van der Waals surface area contributed by atoms with Crippen LogP contribution in [0.5, 0.6) is 0 Å². The highest BCUT2D eigenvalue weighted by Gasteiger charge is 1.91. The Morgan fingerprint density at radius 1 is 0.938 bits per heavy atom. The molecule has 0 atom stereocenters. The van der Waals surface area contributed by atoms with Crippen molar-refractivity contribution in [1.82, 2.24) is 0 Å². The van der Waals surface area contributed by atoms with E-state index in [1.807, 2.05) is 12.1 Å². The maximum absolute atomic E-state index is 7.36. The Hall–Kier alpha value is -1.96. The Labute approximate surface area is 97.1 Å². The molecule has 0 aliphatic rings. The normalized spacial score (nSPS) is 11.7. The van der Waals surface area contributed by atoms with E-state index in [4.69, 9.17) is 1.37 Å². The lowest BCUT2D eigenvalue weighted by molar-refractivity contribution is 1.13. The predicted molar refractivity (Wildman–Crippen MR) is 66.4 cm³/mol. The molecule has 0 unspecified atom stereocenters. The monoisotopic (exact) mass is 211 g/mol. The number of rotatable bonds is 3. The number of hydrogen-bond acceptors (Lipinski definition) is 2. The van der Waals surface area contributed by atoms with Crippen molar-refractivity contribution in [3.05, 3.63) is 60.1 Å². The van der Waals surface area contributed by atoms with E-state index in [0.717, 1.165) is 17.8 Å². The van der Waals surface area contributed by atoms with Crippen LogP contribution in [0.25, 0.3) is 0 Å². The van der Waals surface area contributed by atoms with E-state index in [0.29, 0.717) is 6.04 Å². The first-order chi connectivity index (χ1) is 8.28. The third-order valence-corrected chi connectivity index (χ3v) is 2.33. The molecule has 0 bridgehead atoms. The average molecular weight is 211 g/mol. The molecule has 2 aromatic rings. The van der Waals surface area contributed by atoms with Gasteiger partial charge in [-0.05, 0) is 36.2 Å². The fourth-order valence-electron chi connectivity index (χ4n) is 1.36. The van der Waals surface area contributed by atoms with Crippen molar-refractivity contribution in [1.29, 1.82) is 0 Å². The van der Waals surface area contributed by atoms with Crippen molar-refractivity contribution in [3.8, 4) is 0 Å². The van der Waals surface area contributed by atoms with Gasteiger partial charge >= 0.3 is 0 Å². The first-order valence-electron chi connectivity index (χ1n) is 5.85. The van der Waals surface area contributed by atoms with Crippen LogP contribution in [0.1, 0.15) is 13.9 Å². The molecule has 0 radical (unpaired) electrons. The molecule has 0 saturated carbocycles. The summed E-state index contributed by atoms with van der Waals surface area (Å²) in [4.78, 5) is 0. The third kappa shape index (κ3) is 2.76. The smallest absolute Gasteiger partial charge is 0.0857 e. The van der Waals surface area contributed by atoms with E-state index >= 15 is 0 Å². The fraction of sp³-hybridized carbons (Fsp3) is 0.143. The van der Waals surface area contributed by atoms with Crippen LogP contribution in [0, 0.1) is 0 Å². The second-order valence-electron chi connectivity index (χ2n) is 3.48. The summed E-state index contributed by atoms with van der Waals surface area (Å²) in [5.74, 6) is 0. The highest BCUT2D eigenvalue weighted by Crippen LogP contribution is 2.18. The molecule has 0 amide bonds. The van der Waals surface area contributed by atoms with Crippen LogP contribution in [0.3, 0.4) is 0 Å². The van der Waals surface area contributed by atoms with E-state index in [1.165, 1.54) is 5.56 Å². The van der Waals surface area contributed by atoms with Crippen LogP contribution >= 0.6 is 0 Å². The van der Waals surface area contributed by atoms with Gasteiger partial charge in [0.15, 0.2) is 0 Å². The number of aryl methyl sites for hydroxylation is 1. The summed E-state index contributed by atoms with van der Waals surface area (Å²) < 4.78 is 7.36. The number of azo groups is 1. The lowest BCUT2D eigenvalue weighted by atomic mass is 10.2. The van der Waals surface area contributed by atoms with Gasteiger partial charge in [-0.1, -0.05) is 37.2 Å². The molecule has 2 rings (SSSR count). The molecule has 0 saturated heterocycles. The maximum atomic E-state index is 7.36. The zero-order chi connectivity index (χ0) is 12.1. The van der Waals surface area contributed by atoms with Gasteiger partial charge in [0.25, 0.3) is 0 Å². The van der Waals surface area contributed by atoms with Crippen LogP contribution in [0.4, 0.5) is 11.4 Å². The second-order valence-corrected chi connectivity index (χ2v) is 3.48. The predicted octanol–water partition coefficient (Wildman–Crippen LogP) is 4.66. The summed E-state index contributed by atoms with van der Waals surface area (Å²) in [5, 5.41) is 8.26. The highest BCUT2D eigenvalue weighted by molar-refractivity contribution is 5.40.